The maximum Gasteiger partial charge on any atom is 0.240 e. The molecule has 0 saturated carbocycles. The summed E-state index contributed by atoms with van der Waals surface area (Å²) < 4.78 is 1.68. The monoisotopic (exact) mass is 289 g/mol. The lowest BCUT2D eigenvalue weighted by atomic mass is 10.4. The summed E-state index contributed by atoms with van der Waals surface area (Å²) in [7, 11) is 0. The molecule has 0 fully saturated rings. The highest BCUT2D eigenvalue weighted by Gasteiger charge is 2.07. The Morgan fingerprint density at radius 1 is 1.05 bits per heavy atom. The van der Waals surface area contributed by atoms with Crippen molar-refractivity contribution in [2.75, 3.05) is 0 Å². The van der Waals surface area contributed by atoms with Crippen molar-refractivity contribution in [1.82, 2.24) is 24.5 Å². The molecule has 0 N–H and O–H groups in total. The molecule has 0 amide bonds. The minimum atomic E-state index is 0.164. The van der Waals surface area contributed by atoms with Crippen molar-refractivity contribution < 1.29 is 0 Å². The van der Waals surface area contributed by atoms with Gasteiger partial charge in [0.15, 0.2) is 5.16 Å². The van der Waals surface area contributed by atoms with Crippen molar-refractivity contribution in [3.63, 3.8) is 0 Å². The normalized spacial score (nSPS) is 10.6. The van der Waals surface area contributed by atoms with Crippen molar-refractivity contribution in [3.8, 4) is 5.95 Å². The van der Waals surface area contributed by atoms with Crippen molar-refractivity contribution in [1.29, 1.82) is 0 Å². The second-order valence-electron chi connectivity index (χ2n) is 3.57. The number of halogens is 1. The Morgan fingerprint density at radius 3 is 2.63 bits per heavy atom. The van der Waals surface area contributed by atoms with Crippen LogP contribution in [0.15, 0.2) is 59.1 Å². The van der Waals surface area contributed by atoms with E-state index in [1.54, 1.807) is 23.3 Å². The highest BCUT2D eigenvalue weighted by molar-refractivity contribution is 7.99. The molecule has 1 aromatic carbocycles. The van der Waals surface area contributed by atoms with E-state index in [4.69, 9.17) is 11.6 Å². The maximum absolute atomic E-state index is 5.92. The zero-order valence-corrected chi connectivity index (χ0v) is 11.2. The van der Waals surface area contributed by atoms with Crippen LogP contribution in [0.2, 0.25) is 5.28 Å². The number of hydrogen-bond donors (Lipinski definition) is 0. The van der Waals surface area contributed by atoms with E-state index in [-0.39, 0.29) is 5.28 Å². The van der Waals surface area contributed by atoms with Gasteiger partial charge in [-0.15, -0.1) is 0 Å². The summed E-state index contributed by atoms with van der Waals surface area (Å²) in [5, 5.41) is 0.715. The minimum absolute atomic E-state index is 0.164. The first kappa shape index (κ1) is 12.1. The molecule has 0 aliphatic rings. The molecule has 0 atom stereocenters. The Bertz CT molecular complexity index is 672. The number of aromatic nitrogens is 5. The van der Waals surface area contributed by atoms with Crippen LogP contribution in [0.25, 0.3) is 5.95 Å². The summed E-state index contributed by atoms with van der Waals surface area (Å²) in [4.78, 5) is 17.5. The summed E-state index contributed by atoms with van der Waals surface area (Å²) in [6.07, 6.45) is 5.02. The fourth-order valence-corrected chi connectivity index (χ4v) is 2.42. The fourth-order valence-electron chi connectivity index (χ4n) is 1.45. The second kappa shape index (κ2) is 5.38. The van der Waals surface area contributed by atoms with Crippen molar-refractivity contribution in [2.45, 2.75) is 10.1 Å². The van der Waals surface area contributed by atoms with Gasteiger partial charge in [-0.25, -0.2) is 4.98 Å². The van der Waals surface area contributed by atoms with Crippen molar-refractivity contribution in [3.05, 3.63) is 54.3 Å². The molecule has 2 heterocycles. The Kier molecular flexibility index (Phi) is 3.43. The van der Waals surface area contributed by atoms with E-state index in [0.29, 0.717) is 11.1 Å². The highest BCUT2D eigenvalue weighted by atomic mass is 35.5. The van der Waals surface area contributed by atoms with E-state index >= 15 is 0 Å². The predicted molar refractivity (Wildman–Crippen MR) is 72.5 cm³/mol. The topological polar surface area (TPSA) is 56.5 Å². The van der Waals surface area contributed by atoms with Gasteiger partial charge in [-0.3, -0.25) is 4.57 Å². The van der Waals surface area contributed by atoms with Gasteiger partial charge in [0.2, 0.25) is 11.2 Å². The van der Waals surface area contributed by atoms with Crippen LogP contribution in [0.3, 0.4) is 0 Å². The lowest BCUT2D eigenvalue weighted by Crippen LogP contribution is -2.02. The molecule has 0 aliphatic heterocycles. The lowest BCUT2D eigenvalue weighted by molar-refractivity contribution is 0.823. The fraction of sp³-hybridized carbons (Fsp3) is 0. The van der Waals surface area contributed by atoms with Crippen LogP contribution >= 0.6 is 23.4 Å². The van der Waals surface area contributed by atoms with Gasteiger partial charge in [0, 0.05) is 17.3 Å². The van der Waals surface area contributed by atoms with Crippen LogP contribution in [0.5, 0.6) is 0 Å². The first-order chi connectivity index (χ1) is 9.31. The summed E-state index contributed by atoms with van der Waals surface area (Å²) in [6.45, 7) is 0. The van der Waals surface area contributed by atoms with Crippen LogP contribution in [-0.4, -0.2) is 24.5 Å². The molecule has 7 heteroatoms. The minimum Gasteiger partial charge on any atom is -0.274 e. The molecule has 3 aromatic rings. The van der Waals surface area contributed by atoms with Crippen LogP contribution in [0, 0.1) is 0 Å². The molecule has 2 aromatic heterocycles. The molecule has 19 heavy (non-hydrogen) atoms. The Balaban J connectivity index is 1.94. The van der Waals surface area contributed by atoms with Crippen LogP contribution in [0.4, 0.5) is 0 Å². The van der Waals surface area contributed by atoms with E-state index in [1.165, 1.54) is 11.8 Å². The second-order valence-corrected chi connectivity index (χ2v) is 4.95. The molecule has 5 nitrogen and oxygen atoms in total. The van der Waals surface area contributed by atoms with E-state index in [0.717, 1.165) is 4.90 Å². The molecule has 0 aliphatic carbocycles. The first-order valence-corrected chi connectivity index (χ1v) is 6.63. The zero-order valence-electron chi connectivity index (χ0n) is 9.64. The molecule has 0 saturated heterocycles. The summed E-state index contributed by atoms with van der Waals surface area (Å²) in [6, 6.07) is 9.85. The molecular weight excluding hydrogens is 282 g/mol. The molecule has 0 spiro atoms. The molecule has 0 unspecified atom stereocenters. The van der Waals surface area contributed by atoms with Gasteiger partial charge in [0.05, 0.1) is 0 Å². The van der Waals surface area contributed by atoms with Gasteiger partial charge >= 0.3 is 0 Å². The Hall–Kier alpha value is -1.92. The standard InChI is InChI=1S/C12H8ClN5S/c13-10-15-11(18-7-6-14-8-18)17-12(16-10)19-9-4-2-1-3-5-9/h1-8H. The van der Waals surface area contributed by atoms with Gasteiger partial charge in [0.1, 0.15) is 6.33 Å². The van der Waals surface area contributed by atoms with E-state index < -0.39 is 0 Å². The summed E-state index contributed by atoms with van der Waals surface area (Å²) in [5.74, 6) is 0.455. The first-order valence-electron chi connectivity index (χ1n) is 5.44. The predicted octanol–water partition coefficient (Wildman–Crippen LogP) is 2.86. The largest absolute Gasteiger partial charge is 0.274 e. The molecule has 0 radical (unpaired) electrons. The number of benzene rings is 1. The van der Waals surface area contributed by atoms with E-state index in [2.05, 4.69) is 19.9 Å². The van der Waals surface area contributed by atoms with Crippen LogP contribution < -0.4 is 0 Å². The number of nitrogens with zero attached hydrogens (tertiary/aromatic N) is 5. The number of hydrogen-bond acceptors (Lipinski definition) is 5. The SMILES string of the molecule is Clc1nc(Sc2ccccc2)nc(-n2ccnc2)n1. The molecule has 0 bridgehead atoms. The maximum atomic E-state index is 5.92. The van der Waals surface area contributed by atoms with Crippen molar-refractivity contribution in [2.24, 2.45) is 0 Å². The van der Waals surface area contributed by atoms with Crippen LogP contribution in [0.1, 0.15) is 0 Å². The highest BCUT2D eigenvalue weighted by Crippen LogP contribution is 2.25. The summed E-state index contributed by atoms with van der Waals surface area (Å²) >= 11 is 7.36. The van der Waals surface area contributed by atoms with Gasteiger partial charge < -0.3 is 0 Å². The number of rotatable bonds is 3. The third-order valence-corrected chi connectivity index (χ3v) is 3.31. The third-order valence-electron chi connectivity index (χ3n) is 2.26. The third kappa shape index (κ3) is 2.91. The quantitative estimate of drug-likeness (QED) is 0.742. The molecular formula is C12H8ClN5S. The van der Waals surface area contributed by atoms with Gasteiger partial charge in [-0.1, -0.05) is 18.2 Å². The van der Waals surface area contributed by atoms with E-state index in [9.17, 15) is 0 Å². The molecule has 94 valence electrons. The Labute approximate surface area is 118 Å². The summed E-state index contributed by atoms with van der Waals surface area (Å²) in [5.41, 5.74) is 0. The Morgan fingerprint density at radius 2 is 1.89 bits per heavy atom. The molecule has 3 rings (SSSR count). The zero-order chi connectivity index (χ0) is 13.1. The van der Waals surface area contributed by atoms with Crippen molar-refractivity contribution >= 4 is 23.4 Å². The average molecular weight is 290 g/mol. The van der Waals surface area contributed by atoms with Crippen LogP contribution in [-0.2, 0) is 0 Å². The van der Waals surface area contributed by atoms with Gasteiger partial charge in [-0.2, -0.15) is 15.0 Å². The average Bonchev–Trinajstić information content (AvgIpc) is 2.93. The number of imidazole rings is 1. The lowest BCUT2D eigenvalue weighted by Gasteiger charge is -2.04. The smallest absolute Gasteiger partial charge is 0.240 e. The van der Waals surface area contributed by atoms with E-state index in [1.807, 2.05) is 30.3 Å². The van der Waals surface area contributed by atoms with Gasteiger partial charge in [0.25, 0.3) is 0 Å². The van der Waals surface area contributed by atoms with Gasteiger partial charge in [-0.05, 0) is 35.5 Å².